The van der Waals surface area contributed by atoms with E-state index in [0.29, 0.717) is 0 Å². The van der Waals surface area contributed by atoms with Crippen molar-refractivity contribution in [2.45, 2.75) is 51.0 Å². The highest BCUT2D eigenvalue weighted by Gasteiger charge is 2.13. The number of rotatable bonds is 4. The van der Waals surface area contributed by atoms with Gasteiger partial charge in [0, 0.05) is 6.42 Å². The molecule has 0 radical (unpaired) electrons. The quantitative estimate of drug-likeness (QED) is 0.748. The van der Waals surface area contributed by atoms with Gasteiger partial charge in [0.15, 0.2) is 0 Å². The summed E-state index contributed by atoms with van der Waals surface area (Å²) in [6, 6.07) is 11.8. The Bertz CT molecular complexity index is 273. The molecule has 0 bridgehead atoms. The molecule has 16 heavy (non-hydrogen) atoms. The minimum absolute atomic E-state index is 0.909. The molecule has 1 aliphatic rings. The molecule has 0 spiro atoms. The largest absolute Gasteiger partial charge is 0.344 e. The molecular formula is C15H24N+. The van der Waals surface area contributed by atoms with Gasteiger partial charge in [-0.1, -0.05) is 43.2 Å². The zero-order valence-electron chi connectivity index (χ0n) is 10.2. The highest BCUT2D eigenvalue weighted by molar-refractivity contribution is 5.14. The fraction of sp³-hybridized carbons (Fsp3) is 0.600. The van der Waals surface area contributed by atoms with Gasteiger partial charge in [0.1, 0.15) is 0 Å². The van der Waals surface area contributed by atoms with Crippen LogP contribution in [0.3, 0.4) is 0 Å². The highest BCUT2D eigenvalue weighted by Crippen LogP contribution is 2.14. The van der Waals surface area contributed by atoms with E-state index in [1.54, 1.807) is 0 Å². The van der Waals surface area contributed by atoms with Crippen LogP contribution < -0.4 is 5.32 Å². The van der Waals surface area contributed by atoms with Gasteiger partial charge >= 0.3 is 0 Å². The van der Waals surface area contributed by atoms with E-state index in [1.165, 1.54) is 57.1 Å². The van der Waals surface area contributed by atoms with Crippen LogP contribution in [0.2, 0.25) is 0 Å². The van der Waals surface area contributed by atoms with Crippen LogP contribution in [0.4, 0.5) is 0 Å². The smallest absolute Gasteiger partial charge is 0.0859 e. The van der Waals surface area contributed by atoms with Crippen molar-refractivity contribution >= 4 is 0 Å². The first kappa shape index (κ1) is 11.7. The van der Waals surface area contributed by atoms with Gasteiger partial charge in [0.2, 0.25) is 0 Å². The van der Waals surface area contributed by atoms with Gasteiger partial charge in [0.05, 0.1) is 12.6 Å². The van der Waals surface area contributed by atoms with Crippen LogP contribution >= 0.6 is 0 Å². The van der Waals surface area contributed by atoms with Crippen LogP contribution in [0.1, 0.15) is 44.1 Å². The zero-order chi connectivity index (χ0) is 11.1. The zero-order valence-corrected chi connectivity index (χ0v) is 10.2. The van der Waals surface area contributed by atoms with E-state index in [4.69, 9.17) is 0 Å². The third-order valence-corrected chi connectivity index (χ3v) is 3.68. The lowest BCUT2D eigenvalue weighted by Crippen LogP contribution is -2.90. The van der Waals surface area contributed by atoms with Crippen molar-refractivity contribution < 1.29 is 5.32 Å². The van der Waals surface area contributed by atoms with Gasteiger partial charge in [0.25, 0.3) is 0 Å². The lowest BCUT2D eigenvalue weighted by atomic mass is 10.1. The van der Waals surface area contributed by atoms with Gasteiger partial charge in [-0.2, -0.15) is 0 Å². The first-order valence-corrected chi connectivity index (χ1v) is 6.82. The molecule has 0 aliphatic heterocycles. The number of hydrogen-bond acceptors (Lipinski definition) is 0. The van der Waals surface area contributed by atoms with Crippen molar-refractivity contribution in [2.24, 2.45) is 0 Å². The summed E-state index contributed by atoms with van der Waals surface area (Å²) in [4.78, 5) is 0. The first-order valence-electron chi connectivity index (χ1n) is 6.82. The molecule has 0 heterocycles. The van der Waals surface area contributed by atoms with E-state index in [0.717, 1.165) is 6.04 Å². The van der Waals surface area contributed by atoms with E-state index in [-0.39, 0.29) is 0 Å². The summed E-state index contributed by atoms with van der Waals surface area (Å²) in [6.07, 6.45) is 9.92. The van der Waals surface area contributed by atoms with Crippen molar-refractivity contribution in [1.29, 1.82) is 0 Å². The maximum absolute atomic E-state index is 2.58. The molecule has 0 atom stereocenters. The van der Waals surface area contributed by atoms with E-state index in [2.05, 4.69) is 35.6 Å². The average Bonchev–Trinajstić information content (AvgIpc) is 2.59. The third-order valence-electron chi connectivity index (χ3n) is 3.68. The second-order valence-electron chi connectivity index (χ2n) is 5.01. The molecule has 1 fully saturated rings. The molecule has 88 valence electrons. The molecule has 2 rings (SSSR count). The molecule has 0 amide bonds. The Labute approximate surface area is 99.3 Å². The maximum Gasteiger partial charge on any atom is 0.0859 e. The standard InChI is InChI=1S/C15H23N/c1-2-7-11-15(10-6-1)16-13-12-14-8-4-3-5-9-14/h3-5,8-9,15-16H,1-2,6-7,10-13H2/p+1. The highest BCUT2D eigenvalue weighted by atomic mass is 14.9. The Morgan fingerprint density at radius 3 is 2.31 bits per heavy atom. The Morgan fingerprint density at radius 2 is 1.62 bits per heavy atom. The van der Waals surface area contributed by atoms with Gasteiger partial charge < -0.3 is 5.32 Å². The molecule has 1 nitrogen and oxygen atoms in total. The van der Waals surface area contributed by atoms with Gasteiger partial charge in [-0.15, -0.1) is 0 Å². The summed E-state index contributed by atoms with van der Waals surface area (Å²) in [5.41, 5.74) is 1.48. The van der Waals surface area contributed by atoms with Gasteiger partial charge in [-0.25, -0.2) is 0 Å². The number of benzene rings is 1. The molecule has 1 aromatic carbocycles. The predicted molar refractivity (Wildman–Crippen MR) is 68.4 cm³/mol. The maximum atomic E-state index is 2.58. The Balaban J connectivity index is 1.67. The van der Waals surface area contributed by atoms with Crippen LogP contribution in [0.15, 0.2) is 30.3 Å². The third kappa shape index (κ3) is 3.97. The number of quaternary nitrogens is 1. The first-order chi connectivity index (χ1) is 7.95. The van der Waals surface area contributed by atoms with Crippen molar-refractivity contribution in [3.05, 3.63) is 35.9 Å². The van der Waals surface area contributed by atoms with Crippen LogP contribution in [0.25, 0.3) is 0 Å². The van der Waals surface area contributed by atoms with Crippen molar-refractivity contribution in [3.8, 4) is 0 Å². The minimum Gasteiger partial charge on any atom is -0.344 e. The summed E-state index contributed by atoms with van der Waals surface area (Å²) >= 11 is 0. The summed E-state index contributed by atoms with van der Waals surface area (Å²) < 4.78 is 0. The van der Waals surface area contributed by atoms with Gasteiger partial charge in [-0.05, 0) is 31.2 Å². The molecule has 0 saturated heterocycles. The average molecular weight is 218 g/mol. The summed E-state index contributed by atoms with van der Waals surface area (Å²) in [5, 5.41) is 2.58. The Hall–Kier alpha value is -0.820. The van der Waals surface area contributed by atoms with Crippen molar-refractivity contribution in [1.82, 2.24) is 0 Å². The van der Waals surface area contributed by atoms with Crippen molar-refractivity contribution in [2.75, 3.05) is 6.54 Å². The molecule has 1 heteroatoms. The molecule has 0 unspecified atom stereocenters. The van der Waals surface area contributed by atoms with E-state index >= 15 is 0 Å². The van der Waals surface area contributed by atoms with Crippen molar-refractivity contribution in [3.63, 3.8) is 0 Å². The number of nitrogens with two attached hydrogens (primary N) is 1. The molecule has 1 aliphatic carbocycles. The molecule has 1 saturated carbocycles. The molecule has 0 aromatic heterocycles. The predicted octanol–water partition coefficient (Wildman–Crippen LogP) is 2.52. The van der Waals surface area contributed by atoms with Crippen LogP contribution in [0.5, 0.6) is 0 Å². The second-order valence-corrected chi connectivity index (χ2v) is 5.01. The number of hydrogen-bond donors (Lipinski definition) is 1. The molecule has 1 aromatic rings. The Morgan fingerprint density at radius 1 is 0.938 bits per heavy atom. The van der Waals surface area contributed by atoms with Crippen LogP contribution in [-0.4, -0.2) is 12.6 Å². The van der Waals surface area contributed by atoms with E-state index in [1.807, 2.05) is 0 Å². The van der Waals surface area contributed by atoms with Gasteiger partial charge in [-0.3, -0.25) is 0 Å². The molecule has 2 N–H and O–H groups in total. The summed E-state index contributed by atoms with van der Waals surface area (Å²) in [6.45, 7) is 1.26. The van der Waals surface area contributed by atoms with E-state index in [9.17, 15) is 0 Å². The van der Waals surface area contributed by atoms with E-state index < -0.39 is 0 Å². The fourth-order valence-electron chi connectivity index (χ4n) is 2.68. The Kier molecular flexibility index (Phi) is 4.88. The summed E-state index contributed by atoms with van der Waals surface area (Å²) in [7, 11) is 0. The second kappa shape index (κ2) is 6.70. The normalized spacial score (nSPS) is 18.2. The minimum atomic E-state index is 0.909. The van der Waals surface area contributed by atoms with Crippen LogP contribution in [-0.2, 0) is 6.42 Å². The fourth-order valence-corrected chi connectivity index (χ4v) is 2.68. The lowest BCUT2D eigenvalue weighted by Gasteiger charge is -2.12. The summed E-state index contributed by atoms with van der Waals surface area (Å²) in [5.74, 6) is 0. The van der Waals surface area contributed by atoms with Crippen LogP contribution in [0, 0.1) is 0 Å². The monoisotopic (exact) mass is 218 g/mol. The molecular weight excluding hydrogens is 194 g/mol. The lowest BCUT2D eigenvalue weighted by molar-refractivity contribution is -0.690. The topological polar surface area (TPSA) is 16.6 Å². The SMILES string of the molecule is c1ccc(CC[NH2+]C2CCCCCC2)cc1.